The fourth-order valence-electron chi connectivity index (χ4n) is 3.14. The first-order valence-electron chi connectivity index (χ1n) is 10.5. The fourth-order valence-corrected chi connectivity index (χ4v) is 5.40. The number of rotatable bonds is 9. The summed E-state index contributed by atoms with van der Waals surface area (Å²) in [4.78, 5) is 40.1. The Morgan fingerprint density at radius 1 is 0.794 bits per heavy atom. The molecule has 7 nitrogen and oxygen atoms in total. The first kappa shape index (κ1) is 25.0. The minimum Gasteiger partial charge on any atom is -0.460 e. The van der Waals surface area contributed by atoms with E-state index in [-0.39, 0.29) is 24.7 Å². The number of Topliss-reactive ketones (excluding diaryl/α,β-unsaturated/α-hetero) is 1. The molecule has 0 radical (unpaired) electrons. The predicted molar refractivity (Wildman–Crippen MR) is 132 cm³/mol. The van der Waals surface area contributed by atoms with E-state index in [0.717, 1.165) is 15.9 Å². The van der Waals surface area contributed by atoms with Crippen LogP contribution in [-0.4, -0.2) is 41.8 Å². The maximum absolute atomic E-state index is 12.6. The van der Waals surface area contributed by atoms with Crippen LogP contribution < -0.4 is 15.9 Å². The number of aliphatic hydroxyl groups is 1. The molecule has 0 aliphatic carbocycles. The summed E-state index contributed by atoms with van der Waals surface area (Å²) in [6, 6.07) is 24.4. The summed E-state index contributed by atoms with van der Waals surface area (Å²) >= 11 is 0. The van der Waals surface area contributed by atoms with E-state index in [1.54, 1.807) is 24.3 Å². The Hall–Kier alpha value is -3.67. The Bertz CT molecular complexity index is 1170. The highest BCUT2D eigenvalue weighted by Gasteiger charge is 2.19. The Balaban J connectivity index is 1.90. The molecule has 0 saturated heterocycles. The van der Waals surface area contributed by atoms with Crippen molar-refractivity contribution in [1.82, 2.24) is 0 Å². The van der Waals surface area contributed by atoms with Crippen LogP contribution in [0.1, 0.15) is 34.6 Å². The average molecular weight is 477 g/mol. The van der Waals surface area contributed by atoms with Gasteiger partial charge >= 0.3 is 11.9 Å². The Morgan fingerprint density at radius 2 is 1.32 bits per heavy atom. The van der Waals surface area contributed by atoms with E-state index in [1.165, 1.54) is 13.8 Å². The van der Waals surface area contributed by atoms with Gasteiger partial charge in [0, 0.05) is 12.5 Å². The Morgan fingerprint density at radius 3 is 1.85 bits per heavy atom. The molecule has 3 rings (SSSR count). The lowest BCUT2D eigenvalue weighted by Crippen LogP contribution is -2.21. The monoisotopic (exact) mass is 477 g/mol. The van der Waals surface area contributed by atoms with Crippen LogP contribution in [0.2, 0.25) is 0 Å². The third-order valence-electron chi connectivity index (χ3n) is 4.73. The maximum Gasteiger partial charge on any atom is 0.338 e. The van der Waals surface area contributed by atoms with Crippen LogP contribution in [0.15, 0.2) is 84.0 Å². The fraction of sp³-hybridized carbons (Fsp3) is 0.154. The van der Waals surface area contributed by atoms with Crippen LogP contribution in [0.5, 0.6) is 0 Å². The normalized spacial score (nSPS) is 12.0. The van der Waals surface area contributed by atoms with Crippen LogP contribution >= 0.6 is 7.92 Å². The Labute approximate surface area is 198 Å². The standard InChI is InChI=1S/C26H24NO6P/c1-18(27-33-19(2)29)25(30)20-8-12-23(13-9-20)34(22-6-4-3-5-7-22)24-14-10-21(11-15-24)26(31)32-17-16-28/h3-15,28H,16-17H2,1-2H3/b27-18+. The molecule has 0 bridgehead atoms. The molecule has 3 aromatic carbocycles. The number of ketones is 1. The number of hydrogen-bond donors (Lipinski definition) is 1. The molecular formula is C26H24NO6P. The summed E-state index contributed by atoms with van der Waals surface area (Å²) in [5.41, 5.74) is 0.919. The molecule has 0 saturated carbocycles. The van der Waals surface area contributed by atoms with Crippen molar-refractivity contribution in [1.29, 1.82) is 0 Å². The lowest BCUT2D eigenvalue weighted by molar-refractivity contribution is -0.140. The van der Waals surface area contributed by atoms with Gasteiger partial charge in [0.15, 0.2) is 0 Å². The maximum atomic E-state index is 12.6. The molecule has 0 fully saturated rings. The lowest BCUT2D eigenvalue weighted by Gasteiger charge is -2.20. The average Bonchev–Trinajstić information content (AvgIpc) is 2.87. The van der Waals surface area contributed by atoms with Crippen molar-refractivity contribution in [3.63, 3.8) is 0 Å². The summed E-state index contributed by atoms with van der Waals surface area (Å²) in [5.74, 6) is -1.41. The number of oxime groups is 1. The van der Waals surface area contributed by atoms with Gasteiger partial charge in [-0.3, -0.25) is 4.79 Å². The van der Waals surface area contributed by atoms with Crippen molar-refractivity contribution in [3.8, 4) is 0 Å². The molecule has 1 unspecified atom stereocenters. The zero-order chi connectivity index (χ0) is 24.5. The minimum atomic E-state index is -0.954. The molecule has 174 valence electrons. The summed E-state index contributed by atoms with van der Waals surface area (Å²) < 4.78 is 4.98. The van der Waals surface area contributed by atoms with Gasteiger partial charge in [0.05, 0.1) is 12.2 Å². The van der Waals surface area contributed by atoms with Crippen LogP contribution in [0, 0.1) is 0 Å². The molecular weight excluding hydrogens is 453 g/mol. The molecule has 1 N–H and O–H groups in total. The van der Waals surface area contributed by atoms with E-state index in [2.05, 4.69) is 9.99 Å². The summed E-state index contributed by atoms with van der Waals surface area (Å²) in [6.45, 7) is 2.43. The highest BCUT2D eigenvalue weighted by atomic mass is 31.1. The molecule has 0 heterocycles. The Kier molecular flexibility index (Phi) is 8.79. The lowest BCUT2D eigenvalue weighted by atomic mass is 10.1. The second kappa shape index (κ2) is 12.0. The number of esters is 1. The molecule has 0 aliphatic heterocycles. The first-order chi connectivity index (χ1) is 16.4. The van der Waals surface area contributed by atoms with Gasteiger partial charge < -0.3 is 14.7 Å². The van der Waals surface area contributed by atoms with Crippen molar-refractivity contribution >= 4 is 47.3 Å². The molecule has 3 aromatic rings. The molecule has 0 amide bonds. The summed E-state index contributed by atoms with van der Waals surface area (Å²) in [6.07, 6.45) is 0. The molecule has 8 heteroatoms. The van der Waals surface area contributed by atoms with Crippen LogP contribution in [-0.2, 0) is 14.4 Å². The zero-order valence-electron chi connectivity index (χ0n) is 18.8. The third kappa shape index (κ3) is 6.44. The van der Waals surface area contributed by atoms with Crippen molar-refractivity contribution in [2.45, 2.75) is 13.8 Å². The number of nitrogens with zero attached hydrogens (tertiary/aromatic N) is 1. The van der Waals surface area contributed by atoms with E-state index in [9.17, 15) is 14.4 Å². The van der Waals surface area contributed by atoms with Crippen LogP contribution in [0.3, 0.4) is 0 Å². The first-order valence-corrected chi connectivity index (χ1v) is 11.8. The van der Waals surface area contributed by atoms with Crippen LogP contribution in [0.25, 0.3) is 0 Å². The molecule has 0 spiro atoms. The topological polar surface area (TPSA) is 102 Å². The van der Waals surface area contributed by atoms with Gasteiger partial charge in [-0.25, -0.2) is 9.59 Å². The molecule has 0 aromatic heterocycles. The second-order valence-electron chi connectivity index (χ2n) is 7.21. The van der Waals surface area contributed by atoms with E-state index >= 15 is 0 Å². The molecule has 0 aliphatic rings. The SMILES string of the molecule is CC(=O)O/N=C(\C)C(=O)c1ccc(P(c2ccccc2)c2ccc(C(=O)OCCO)cc2)cc1. The largest absolute Gasteiger partial charge is 0.460 e. The van der Waals surface area contributed by atoms with E-state index < -0.39 is 19.9 Å². The number of hydrogen-bond acceptors (Lipinski definition) is 7. The second-order valence-corrected chi connectivity index (χ2v) is 9.43. The summed E-state index contributed by atoms with van der Waals surface area (Å²) in [5, 5.41) is 15.6. The number of ether oxygens (including phenoxy) is 1. The van der Waals surface area contributed by atoms with Gasteiger partial charge in [0.2, 0.25) is 5.78 Å². The van der Waals surface area contributed by atoms with E-state index in [1.807, 2.05) is 54.6 Å². The number of aliphatic hydroxyl groups excluding tert-OH is 1. The van der Waals surface area contributed by atoms with Gasteiger partial charge in [0.25, 0.3) is 0 Å². The number of benzene rings is 3. The van der Waals surface area contributed by atoms with Gasteiger partial charge in [0.1, 0.15) is 12.3 Å². The zero-order valence-corrected chi connectivity index (χ0v) is 19.7. The van der Waals surface area contributed by atoms with Gasteiger partial charge in [-0.1, -0.05) is 71.9 Å². The van der Waals surface area contributed by atoms with E-state index in [0.29, 0.717) is 11.1 Å². The molecule has 1 atom stereocenters. The third-order valence-corrected chi connectivity index (χ3v) is 7.17. The van der Waals surface area contributed by atoms with Gasteiger partial charge in [-0.2, -0.15) is 0 Å². The van der Waals surface area contributed by atoms with Crippen molar-refractivity contribution in [2.24, 2.45) is 5.16 Å². The molecule has 34 heavy (non-hydrogen) atoms. The number of carbonyl (C=O) groups excluding carboxylic acids is 3. The smallest absolute Gasteiger partial charge is 0.338 e. The highest BCUT2D eigenvalue weighted by Crippen LogP contribution is 2.33. The predicted octanol–water partition coefficient (Wildman–Crippen LogP) is 2.72. The van der Waals surface area contributed by atoms with Crippen molar-refractivity contribution in [3.05, 3.63) is 90.0 Å². The summed E-state index contributed by atoms with van der Waals surface area (Å²) in [7, 11) is -0.954. The van der Waals surface area contributed by atoms with Gasteiger partial charge in [-0.05, 0) is 42.9 Å². The highest BCUT2D eigenvalue weighted by molar-refractivity contribution is 7.79. The quantitative estimate of drug-likeness (QED) is 0.127. The van der Waals surface area contributed by atoms with Crippen molar-refractivity contribution < 1.29 is 29.1 Å². The number of carbonyl (C=O) groups is 3. The van der Waals surface area contributed by atoms with Gasteiger partial charge in [-0.15, -0.1) is 0 Å². The van der Waals surface area contributed by atoms with E-state index in [4.69, 9.17) is 9.84 Å². The minimum absolute atomic E-state index is 0.0482. The van der Waals surface area contributed by atoms with Crippen molar-refractivity contribution in [2.75, 3.05) is 13.2 Å². The van der Waals surface area contributed by atoms with Crippen LogP contribution in [0.4, 0.5) is 0 Å².